The molecule has 0 aromatic carbocycles. The Morgan fingerprint density at radius 1 is 1.29 bits per heavy atom. The van der Waals surface area contributed by atoms with E-state index in [1.165, 1.54) is 6.33 Å². The molecule has 1 aromatic heterocycles. The maximum atomic E-state index is 5.25. The number of nitrogens with zero attached hydrogens (tertiary/aromatic N) is 2. The fourth-order valence-corrected chi connectivity index (χ4v) is 1.22. The quantitative estimate of drug-likeness (QED) is 0.488. The van der Waals surface area contributed by atoms with Crippen LogP contribution in [0.3, 0.4) is 0 Å². The monoisotopic (exact) mass is 195 g/mol. The molecule has 0 bridgehead atoms. The maximum Gasteiger partial charge on any atom is 0.145 e. The highest BCUT2D eigenvalue weighted by Crippen LogP contribution is 2.10. The van der Waals surface area contributed by atoms with Crippen molar-refractivity contribution in [2.24, 2.45) is 5.84 Å². The largest absolute Gasteiger partial charge is 0.367 e. The third kappa shape index (κ3) is 2.85. The molecule has 5 nitrogen and oxygen atoms in total. The van der Waals surface area contributed by atoms with Crippen LogP contribution in [0.1, 0.15) is 26.7 Å². The van der Waals surface area contributed by atoms with Crippen molar-refractivity contribution in [3.8, 4) is 0 Å². The van der Waals surface area contributed by atoms with Crippen molar-refractivity contribution in [2.45, 2.75) is 32.7 Å². The van der Waals surface area contributed by atoms with Crippen molar-refractivity contribution in [2.75, 3.05) is 10.7 Å². The number of aromatic nitrogens is 2. The predicted molar refractivity (Wildman–Crippen MR) is 57.8 cm³/mol. The Morgan fingerprint density at radius 3 is 2.50 bits per heavy atom. The molecule has 4 N–H and O–H groups in total. The van der Waals surface area contributed by atoms with Crippen molar-refractivity contribution in [3.05, 3.63) is 12.4 Å². The fourth-order valence-electron chi connectivity index (χ4n) is 1.22. The van der Waals surface area contributed by atoms with E-state index >= 15 is 0 Å². The van der Waals surface area contributed by atoms with E-state index in [0.717, 1.165) is 18.7 Å². The van der Waals surface area contributed by atoms with E-state index in [-0.39, 0.29) is 0 Å². The molecular weight excluding hydrogens is 178 g/mol. The summed E-state index contributed by atoms with van der Waals surface area (Å²) in [5.74, 6) is 6.67. The Morgan fingerprint density at radius 2 is 1.93 bits per heavy atom. The van der Waals surface area contributed by atoms with Gasteiger partial charge >= 0.3 is 0 Å². The lowest BCUT2D eigenvalue weighted by atomic mass is 10.2. The Kier molecular flexibility index (Phi) is 4.12. The number of anilines is 2. The summed E-state index contributed by atoms with van der Waals surface area (Å²) in [5.41, 5.74) is 2.49. The molecule has 0 aliphatic carbocycles. The van der Waals surface area contributed by atoms with Gasteiger partial charge in [-0.25, -0.2) is 15.8 Å². The van der Waals surface area contributed by atoms with Gasteiger partial charge in [-0.15, -0.1) is 0 Å². The molecular formula is C9H17N5. The van der Waals surface area contributed by atoms with Crippen LogP contribution in [0.15, 0.2) is 12.4 Å². The topological polar surface area (TPSA) is 75.9 Å². The van der Waals surface area contributed by atoms with Gasteiger partial charge in [-0.2, -0.15) is 0 Å². The molecule has 1 rings (SSSR count). The van der Waals surface area contributed by atoms with Crippen LogP contribution in [-0.2, 0) is 0 Å². The lowest BCUT2D eigenvalue weighted by molar-refractivity contribution is 0.668. The zero-order valence-electron chi connectivity index (χ0n) is 8.62. The van der Waals surface area contributed by atoms with Crippen LogP contribution in [0.2, 0.25) is 0 Å². The normalized spacial score (nSPS) is 10.3. The summed E-state index contributed by atoms with van der Waals surface area (Å²) in [4.78, 5) is 8.03. The molecule has 0 saturated heterocycles. The van der Waals surface area contributed by atoms with Gasteiger partial charge in [0.1, 0.15) is 18.0 Å². The number of hydrogen-bond acceptors (Lipinski definition) is 5. The van der Waals surface area contributed by atoms with Gasteiger partial charge in [0.15, 0.2) is 0 Å². The van der Waals surface area contributed by atoms with E-state index in [1.807, 2.05) is 0 Å². The van der Waals surface area contributed by atoms with Crippen molar-refractivity contribution < 1.29 is 0 Å². The van der Waals surface area contributed by atoms with Gasteiger partial charge in [-0.1, -0.05) is 13.8 Å². The molecule has 0 radical (unpaired) electrons. The first kappa shape index (κ1) is 10.7. The first-order valence-electron chi connectivity index (χ1n) is 4.85. The third-order valence-electron chi connectivity index (χ3n) is 2.15. The van der Waals surface area contributed by atoms with Crippen LogP contribution >= 0.6 is 0 Å². The molecule has 5 heteroatoms. The van der Waals surface area contributed by atoms with Gasteiger partial charge in [0, 0.05) is 12.1 Å². The van der Waals surface area contributed by atoms with E-state index in [9.17, 15) is 0 Å². The van der Waals surface area contributed by atoms with Gasteiger partial charge in [0.2, 0.25) is 0 Å². The molecule has 0 aliphatic heterocycles. The highest BCUT2D eigenvalue weighted by Gasteiger charge is 2.04. The smallest absolute Gasteiger partial charge is 0.145 e. The molecule has 14 heavy (non-hydrogen) atoms. The Bertz CT molecular complexity index is 272. The number of hydrogen-bond donors (Lipinski definition) is 3. The molecule has 0 fully saturated rings. The van der Waals surface area contributed by atoms with Crippen molar-refractivity contribution in [1.29, 1.82) is 0 Å². The van der Waals surface area contributed by atoms with Crippen molar-refractivity contribution in [1.82, 2.24) is 9.97 Å². The Hall–Kier alpha value is -1.36. The molecule has 0 atom stereocenters. The summed E-state index contributed by atoms with van der Waals surface area (Å²) in [6.07, 6.45) is 3.64. The molecule has 1 aromatic rings. The minimum atomic E-state index is 0.454. The summed E-state index contributed by atoms with van der Waals surface area (Å²) in [6, 6.07) is 2.24. The lowest BCUT2D eigenvalue weighted by Crippen LogP contribution is -2.18. The third-order valence-corrected chi connectivity index (χ3v) is 2.15. The summed E-state index contributed by atoms with van der Waals surface area (Å²) in [5, 5.41) is 3.31. The lowest BCUT2D eigenvalue weighted by Gasteiger charge is -2.15. The summed E-state index contributed by atoms with van der Waals surface area (Å²) in [6.45, 7) is 4.29. The number of rotatable bonds is 5. The second-order valence-electron chi connectivity index (χ2n) is 3.09. The van der Waals surface area contributed by atoms with E-state index in [2.05, 4.69) is 34.6 Å². The average molecular weight is 195 g/mol. The van der Waals surface area contributed by atoms with Crippen molar-refractivity contribution >= 4 is 11.6 Å². The fraction of sp³-hybridized carbons (Fsp3) is 0.556. The predicted octanol–water partition coefficient (Wildman–Crippen LogP) is 1.36. The van der Waals surface area contributed by atoms with Crippen LogP contribution in [0.5, 0.6) is 0 Å². The number of nitrogens with two attached hydrogens (primary N) is 1. The highest BCUT2D eigenvalue weighted by atomic mass is 15.3. The van der Waals surface area contributed by atoms with Gasteiger partial charge in [-0.3, -0.25) is 0 Å². The van der Waals surface area contributed by atoms with Crippen LogP contribution in [0, 0.1) is 0 Å². The second-order valence-corrected chi connectivity index (χ2v) is 3.09. The summed E-state index contributed by atoms with van der Waals surface area (Å²) < 4.78 is 0. The minimum absolute atomic E-state index is 0.454. The van der Waals surface area contributed by atoms with E-state index in [1.54, 1.807) is 6.07 Å². The first-order valence-corrected chi connectivity index (χ1v) is 4.85. The van der Waals surface area contributed by atoms with Gasteiger partial charge in [0.05, 0.1) is 0 Å². The zero-order chi connectivity index (χ0) is 10.4. The van der Waals surface area contributed by atoms with Gasteiger partial charge in [0.25, 0.3) is 0 Å². The molecule has 0 amide bonds. The van der Waals surface area contributed by atoms with Crippen LogP contribution < -0.4 is 16.6 Å². The number of hydrazine groups is 1. The van der Waals surface area contributed by atoms with E-state index in [4.69, 9.17) is 5.84 Å². The zero-order valence-corrected chi connectivity index (χ0v) is 8.62. The SMILES string of the molecule is CCC(CC)Nc1cc(NN)ncn1. The molecule has 1 heterocycles. The molecule has 0 spiro atoms. The second kappa shape index (κ2) is 5.39. The van der Waals surface area contributed by atoms with Gasteiger partial charge in [-0.05, 0) is 12.8 Å². The molecule has 78 valence electrons. The summed E-state index contributed by atoms with van der Waals surface area (Å²) in [7, 11) is 0. The van der Waals surface area contributed by atoms with Gasteiger partial charge < -0.3 is 10.7 Å². The minimum Gasteiger partial charge on any atom is -0.367 e. The summed E-state index contributed by atoms with van der Waals surface area (Å²) >= 11 is 0. The Balaban J connectivity index is 2.65. The van der Waals surface area contributed by atoms with Crippen molar-refractivity contribution in [3.63, 3.8) is 0 Å². The van der Waals surface area contributed by atoms with Crippen LogP contribution in [0.25, 0.3) is 0 Å². The molecule has 0 unspecified atom stereocenters. The maximum absolute atomic E-state index is 5.25. The highest BCUT2D eigenvalue weighted by molar-refractivity contribution is 5.46. The Labute approximate surface area is 84.1 Å². The molecule has 0 saturated carbocycles. The molecule has 0 aliphatic rings. The first-order chi connectivity index (χ1) is 6.80. The van der Waals surface area contributed by atoms with E-state index in [0.29, 0.717) is 11.9 Å². The number of nitrogen functional groups attached to an aromatic ring is 1. The van der Waals surface area contributed by atoms with Crippen LogP contribution in [0.4, 0.5) is 11.6 Å². The van der Waals surface area contributed by atoms with Crippen LogP contribution in [-0.4, -0.2) is 16.0 Å². The average Bonchev–Trinajstić information content (AvgIpc) is 2.26. The standard InChI is InChI=1S/C9H17N5/c1-3-7(4-2)13-8-5-9(14-10)12-6-11-8/h5-7H,3-4,10H2,1-2H3,(H2,11,12,13,14). The van der Waals surface area contributed by atoms with E-state index < -0.39 is 0 Å². The number of nitrogens with one attached hydrogen (secondary N) is 2.